The van der Waals surface area contributed by atoms with Crippen LogP contribution in [-0.4, -0.2) is 29.6 Å². The SMILES string of the molecule is CCOC(=O)c1c(Nc2nc3ccccc3nc2N(C)Cc2ccccc2)sc2c1CCCC2. The Hall–Kier alpha value is -3.45. The molecule has 0 spiro atoms. The van der Waals surface area contributed by atoms with Crippen molar-refractivity contribution < 1.29 is 9.53 Å². The van der Waals surface area contributed by atoms with E-state index in [2.05, 4.69) is 22.3 Å². The summed E-state index contributed by atoms with van der Waals surface area (Å²) >= 11 is 1.64. The first-order valence-electron chi connectivity index (χ1n) is 11.7. The fourth-order valence-electron chi connectivity index (χ4n) is 4.45. The summed E-state index contributed by atoms with van der Waals surface area (Å²) in [5, 5.41) is 4.29. The number of benzene rings is 2. The number of nitrogens with one attached hydrogen (secondary N) is 1. The number of thiophene rings is 1. The molecule has 0 radical (unpaired) electrons. The number of rotatable bonds is 7. The van der Waals surface area contributed by atoms with Crippen molar-refractivity contribution in [2.45, 2.75) is 39.2 Å². The molecule has 0 fully saturated rings. The predicted molar refractivity (Wildman–Crippen MR) is 138 cm³/mol. The number of carbonyl (C=O) groups excluding carboxylic acids is 1. The molecule has 1 aliphatic rings. The Labute approximate surface area is 203 Å². The maximum absolute atomic E-state index is 13.0. The highest BCUT2D eigenvalue weighted by Crippen LogP contribution is 2.41. The third-order valence-electron chi connectivity index (χ3n) is 6.06. The molecule has 0 saturated heterocycles. The van der Waals surface area contributed by atoms with Crippen LogP contribution in [0.2, 0.25) is 0 Å². The van der Waals surface area contributed by atoms with Crippen LogP contribution >= 0.6 is 11.3 Å². The third-order valence-corrected chi connectivity index (χ3v) is 7.27. The van der Waals surface area contributed by atoms with Crippen LogP contribution in [0.5, 0.6) is 0 Å². The Bertz CT molecular complexity index is 1320. The number of anilines is 3. The highest BCUT2D eigenvalue weighted by molar-refractivity contribution is 7.16. The summed E-state index contributed by atoms with van der Waals surface area (Å²) in [7, 11) is 2.02. The second kappa shape index (κ2) is 9.81. The van der Waals surface area contributed by atoms with E-state index < -0.39 is 0 Å². The zero-order chi connectivity index (χ0) is 23.5. The summed E-state index contributed by atoms with van der Waals surface area (Å²) in [4.78, 5) is 26.2. The average molecular weight is 473 g/mol. The van der Waals surface area contributed by atoms with E-state index in [4.69, 9.17) is 14.7 Å². The fourth-order valence-corrected chi connectivity index (χ4v) is 5.73. The van der Waals surface area contributed by atoms with Crippen molar-refractivity contribution in [3.63, 3.8) is 0 Å². The maximum Gasteiger partial charge on any atom is 0.341 e. The van der Waals surface area contributed by atoms with Gasteiger partial charge in [-0.1, -0.05) is 42.5 Å². The highest BCUT2D eigenvalue weighted by Gasteiger charge is 2.27. The summed E-state index contributed by atoms with van der Waals surface area (Å²) < 4.78 is 5.44. The van der Waals surface area contributed by atoms with Crippen molar-refractivity contribution in [1.82, 2.24) is 9.97 Å². The van der Waals surface area contributed by atoms with Gasteiger partial charge in [0.1, 0.15) is 5.00 Å². The van der Waals surface area contributed by atoms with E-state index in [-0.39, 0.29) is 5.97 Å². The number of esters is 1. The first-order valence-corrected chi connectivity index (χ1v) is 12.6. The molecule has 5 rings (SSSR count). The molecule has 1 N–H and O–H groups in total. The van der Waals surface area contributed by atoms with Gasteiger partial charge in [0.15, 0.2) is 11.6 Å². The maximum atomic E-state index is 13.0. The largest absolute Gasteiger partial charge is 0.462 e. The molecule has 34 heavy (non-hydrogen) atoms. The Morgan fingerprint density at radius 1 is 1.03 bits per heavy atom. The van der Waals surface area contributed by atoms with Crippen LogP contribution < -0.4 is 10.2 Å². The van der Waals surface area contributed by atoms with Crippen LogP contribution in [0, 0.1) is 0 Å². The number of hydrogen-bond donors (Lipinski definition) is 1. The van der Waals surface area contributed by atoms with E-state index in [0.717, 1.165) is 53.1 Å². The van der Waals surface area contributed by atoms with Crippen LogP contribution in [0.3, 0.4) is 0 Å². The standard InChI is InChI=1S/C27H28N4O2S/c1-3-33-27(32)23-19-13-7-10-16-22(19)34-26(23)30-24-25(29-21-15-9-8-14-20(21)28-24)31(2)17-18-11-5-4-6-12-18/h4-6,8-9,11-12,14-15H,3,7,10,13,16-17H2,1-2H3,(H,28,30). The number of aryl methyl sites for hydroxylation is 1. The lowest BCUT2D eigenvalue weighted by Gasteiger charge is -2.22. The first-order chi connectivity index (χ1) is 16.6. The molecule has 0 aliphatic heterocycles. The van der Waals surface area contributed by atoms with Gasteiger partial charge in [0.2, 0.25) is 0 Å². The Kier molecular flexibility index (Phi) is 6.45. The molecule has 2 heterocycles. The van der Waals surface area contributed by atoms with E-state index in [1.54, 1.807) is 11.3 Å². The van der Waals surface area contributed by atoms with E-state index in [9.17, 15) is 4.79 Å². The lowest BCUT2D eigenvalue weighted by molar-refractivity contribution is 0.0526. The predicted octanol–water partition coefficient (Wildman–Crippen LogP) is 6.13. The lowest BCUT2D eigenvalue weighted by atomic mass is 9.95. The third kappa shape index (κ3) is 4.48. The molecule has 0 bridgehead atoms. The van der Waals surface area contributed by atoms with Crippen LogP contribution in [-0.2, 0) is 24.1 Å². The van der Waals surface area contributed by atoms with Gasteiger partial charge in [-0.05, 0) is 55.9 Å². The lowest BCUT2D eigenvalue weighted by Crippen LogP contribution is -2.20. The number of nitrogens with zero attached hydrogens (tertiary/aromatic N) is 3. The number of carbonyl (C=O) groups is 1. The average Bonchev–Trinajstić information content (AvgIpc) is 3.22. The second-order valence-electron chi connectivity index (χ2n) is 8.49. The zero-order valence-corrected chi connectivity index (χ0v) is 20.3. The number of ether oxygens (including phenoxy) is 1. The molecule has 0 unspecified atom stereocenters. The van der Waals surface area contributed by atoms with Gasteiger partial charge in [0.05, 0.1) is 23.2 Å². The molecule has 174 valence electrons. The van der Waals surface area contributed by atoms with Crippen molar-refractivity contribution in [3.8, 4) is 0 Å². The van der Waals surface area contributed by atoms with Gasteiger partial charge in [-0.3, -0.25) is 0 Å². The minimum Gasteiger partial charge on any atom is -0.462 e. The topological polar surface area (TPSA) is 67.3 Å². The monoisotopic (exact) mass is 472 g/mol. The van der Waals surface area contributed by atoms with Crippen LogP contribution in [0.25, 0.3) is 11.0 Å². The van der Waals surface area contributed by atoms with Gasteiger partial charge >= 0.3 is 5.97 Å². The van der Waals surface area contributed by atoms with Crippen LogP contribution in [0.15, 0.2) is 54.6 Å². The molecule has 0 amide bonds. The normalized spacial score (nSPS) is 12.9. The van der Waals surface area contributed by atoms with Gasteiger partial charge in [0.25, 0.3) is 0 Å². The quantitative estimate of drug-likeness (QED) is 0.327. The molecule has 6 nitrogen and oxygen atoms in total. The molecule has 2 aromatic heterocycles. The minimum atomic E-state index is -0.266. The summed E-state index contributed by atoms with van der Waals surface area (Å²) in [5.74, 6) is 1.11. The smallest absolute Gasteiger partial charge is 0.341 e. The van der Waals surface area contributed by atoms with Crippen molar-refractivity contribution >= 4 is 45.0 Å². The summed E-state index contributed by atoms with van der Waals surface area (Å²) in [6.45, 7) is 2.88. The second-order valence-corrected chi connectivity index (χ2v) is 9.59. The highest BCUT2D eigenvalue weighted by atomic mass is 32.1. The van der Waals surface area contributed by atoms with Crippen molar-refractivity contribution in [2.24, 2.45) is 0 Å². The molecule has 2 aromatic carbocycles. The van der Waals surface area contributed by atoms with Crippen molar-refractivity contribution in [3.05, 3.63) is 76.2 Å². The fraction of sp³-hybridized carbons (Fsp3) is 0.296. The van der Waals surface area contributed by atoms with Crippen molar-refractivity contribution in [2.75, 3.05) is 23.9 Å². The number of aromatic nitrogens is 2. The minimum absolute atomic E-state index is 0.266. The molecule has 1 aliphatic carbocycles. The van der Waals surface area contributed by atoms with Gasteiger partial charge in [-0.15, -0.1) is 11.3 Å². The van der Waals surface area contributed by atoms with E-state index >= 15 is 0 Å². The summed E-state index contributed by atoms with van der Waals surface area (Å²) in [6, 6.07) is 18.2. The van der Waals surface area contributed by atoms with Crippen LogP contribution in [0.4, 0.5) is 16.6 Å². The molecule has 4 aromatic rings. The molecule has 0 atom stereocenters. The molecule has 0 saturated carbocycles. The number of fused-ring (bicyclic) bond motifs is 2. The van der Waals surface area contributed by atoms with Crippen molar-refractivity contribution in [1.29, 1.82) is 0 Å². The van der Waals surface area contributed by atoms with Gasteiger partial charge in [0, 0.05) is 18.5 Å². The molecular formula is C27H28N4O2S. The van der Waals surface area contributed by atoms with Gasteiger partial charge in [-0.25, -0.2) is 14.8 Å². The Morgan fingerprint density at radius 2 is 1.74 bits per heavy atom. The Balaban J connectivity index is 1.58. The van der Waals surface area contributed by atoms with Gasteiger partial charge in [-0.2, -0.15) is 0 Å². The Morgan fingerprint density at radius 3 is 2.50 bits per heavy atom. The van der Waals surface area contributed by atoms with E-state index in [1.807, 2.05) is 56.4 Å². The van der Waals surface area contributed by atoms with E-state index in [0.29, 0.717) is 24.5 Å². The van der Waals surface area contributed by atoms with Gasteiger partial charge < -0.3 is 15.0 Å². The summed E-state index contributed by atoms with van der Waals surface area (Å²) in [6.07, 6.45) is 4.15. The first kappa shape index (κ1) is 22.3. The zero-order valence-electron chi connectivity index (χ0n) is 19.5. The number of para-hydroxylation sites is 2. The molecule has 7 heteroatoms. The van der Waals surface area contributed by atoms with E-state index in [1.165, 1.54) is 10.4 Å². The summed E-state index contributed by atoms with van der Waals surface area (Å²) in [5.41, 5.74) is 4.61. The van der Waals surface area contributed by atoms with Crippen LogP contribution in [0.1, 0.15) is 46.1 Å². The molecular weight excluding hydrogens is 444 g/mol. The number of hydrogen-bond acceptors (Lipinski definition) is 7.